The normalized spacial score (nSPS) is 13.1. The third kappa shape index (κ3) is 3.96. The fraction of sp³-hybridized carbons (Fsp3) is 0.111. The van der Waals surface area contributed by atoms with Gasteiger partial charge in [0.25, 0.3) is 0 Å². The van der Waals surface area contributed by atoms with Crippen molar-refractivity contribution in [1.82, 2.24) is 0 Å². The lowest BCUT2D eigenvalue weighted by Gasteiger charge is -1.87. The molecule has 0 amide bonds. The van der Waals surface area contributed by atoms with Crippen LogP contribution >= 0.6 is 0 Å². The van der Waals surface area contributed by atoms with Gasteiger partial charge in [-0.25, -0.2) is 0 Å². The van der Waals surface area contributed by atoms with Crippen molar-refractivity contribution in [2.45, 2.75) is 6.92 Å². The van der Waals surface area contributed by atoms with E-state index in [0.29, 0.717) is 0 Å². The van der Waals surface area contributed by atoms with Gasteiger partial charge in [0.05, 0.1) is 0 Å². The van der Waals surface area contributed by atoms with Crippen LogP contribution in [0.25, 0.3) is 0 Å². The number of allylic oxidation sites excluding steroid dienone is 6. The van der Waals surface area contributed by atoms with E-state index in [9.17, 15) is 0 Å². The Morgan fingerprint density at radius 3 is 2.50 bits per heavy atom. The summed E-state index contributed by atoms with van der Waals surface area (Å²) >= 11 is 0. The fourth-order valence-electron chi connectivity index (χ4n) is 0.538. The maximum absolute atomic E-state index is 5.20. The summed E-state index contributed by atoms with van der Waals surface area (Å²) in [5.41, 5.74) is 1.09. The summed E-state index contributed by atoms with van der Waals surface area (Å²) in [7, 11) is 5.20. The molecule has 0 saturated carbocycles. The van der Waals surface area contributed by atoms with Crippen molar-refractivity contribution < 1.29 is 0 Å². The van der Waals surface area contributed by atoms with Crippen LogP contribution in [-0.2, 0) is 0 Å². The van der Waals surface area contributed by atoms with Gasteiger partial charge in [-0.1, -0.05) is 37.0 Å². The SMILES string of the molecule is [B]/C=C/C(/C=C\C=C)=C/C. The van der Waals surface area contributed by atoms with Gasteiger partial charge in [0.15, 0.2) is 0 Å². The van der Waals surface area contributed by atoms with Gasteiger partial charge in [0.1, 0.15) is 7.85 Å². The van der Waals surface area contributed by atoms with Crippen molar-refractivity contribution >= 4 is 7.85 Å². The van der Waals surface area contributed by atoms with Gasteiger partial charge in [-0.3, -0.25) is 0 Å². The van der Waals surface area contributed by atoms with Gasteiger partial charge in [-0.2, -0.15) is 0 Å². The first-order valence-corrected chi connectivity index (χ1v) is 3.18. The molecule has 0 rings (SSSR count). The minimum atomic E-state index is 1.09. The summed E-state index contributed by atoms with van der Waals surface area (Å²) < 4.78 is 0. The monoisotopic (exact) mass is 130 g/mol. The second-order valence-corrected chi connectivity index (χ2v) is 1.74. The Bertz CT molecular complexity index is 173. The van der Waals surface area contributed by atoms with E-state index >= 15 is 0 Å². The van der Waals surface area contributed by atoms with E-state index in [2.05, 4.69) is 6.58 Å². The quantitative estimate of drug-likeness (QED) is 0.406. The molecular formula is C9H11B. The van der Waals surface area contributed by atoms with E-state index in [1.165, 1.54) is 5.98 Å². The topological polar surface area (TPSA) is 0 Å². The van der Waals surface area contributed by atoms with Gasteiger partial charge in [0, 0.05) is 0 Å². The van der Waals surface area contributed by atoms with E-state index in [0.717, 1.165) is 5.57 Å². The van der Waals surface area contributed by atoms with Gasteiger partial charge >= 0.3 is 0 Å². The lowest BCUT2D eigenvalue weighted by molar-refractivity contribution is 1.61. The standard InChI is InChI=1S/C9H11B/c1-3-5-6-9(4-2)7-8-10/h3-8H,1H2,2H3/b6-5-,8-7+,9-4+. The lowest BCUT2D eigenvalue weighted by atomic mass is 10.1. The minimum Gasteiger partial charge on any atom is -0.131 e. The molecule has 0 aromatic rings. The average Bonchev–Trinajstić information content (AvgIpc) is 1.98. The van der Waals surface area contributed by atoms with Crippen LogP contribution in [0.2, 0.25) is 0 Å². The molecule has 0 atom stereocenters. The predicted octanol–water partition coefficient (Wildman–Crippen LogP) is 2.36. The van der Waals surface area contributed by atoms with Crippen molar-refractivity contribution in [3.63, 3.8) is 0 Å². The predicted molar refractivity (Wildman–Crippen MR) is 48.0 cm³/mol. The lowest BCUT2D eigenvalue weighted by Crippen LogP contribution is -1.68. The Labute approximate surface area is 64.1 Å². The molecule has 0 saturated heterocycles. The summed E-state index contributed by atoms with van der Waals surface area (Å²) in [6.07, 6.45) is 9.35. The van der Waals surface area contributed by atoms with Crippen LogP contribution < -0.4 is 0 Å². The Morgan fingerprint density at radius 1 is 1.40 bits per heavy atom. The molecule has 50 valence electrons. The number of hydrogen-bond donors (Lipinski definition) is 0. The maximum Gasteiger partial charge on any atom is 0.102 e. The highest BCUT2D eigenvalue weighted by atomic mass is 13.8. The van der Waals surface area contributed by atoms with Crippen molar-refractivity contribution in [1.29, 1.82) is 0 Å². The van der Waals surface area contributed by atoms with Crippen molar-refractivity contribution in [3.05, 3.63) is 48.5 Å². The first-order chi connectivity index (χ1) is 4.85. The first kappa shape index (κ1) is 9.02. The van der Waals surface area contributed by atoms with Crippen LogP contribution in [0.15, 0.2) is 48.5 Å². The molecule has 0 aromatic carbocycles. The molecule has 10 heavy (non-hydrogen) atoms. The Morgan fingerprint density at radius 2 is 2.10 bits per heavy atom. The van der Waals surface area contributed by atoms with E-state index in [4.69, 9.17) is 7.85 Å². The molecule has 0 spiro atoms. The Balaban J connectivity index is 4.10. The summed E-state index contributed by atoms with van der Waals surface area (Å²) in [6, 6.07) is 0. The molecule has 0 fully saturated rings. The van der Waals surface area contributed by atoms with Crippen LogP contribution in [0.1, 0.15) is 6.92 Å². The molecular weight excluding hydrogens is 119 g/mol. The second kappa shape index (κ2) is 6.15. The molecule has 2 radical (unpaired) electrons. The zero-order valence-electron chi connectivity index (χ0n) is 6.25. The smallest absolute Gasteiger partial charge is 0.102 e. The highest BCUT2D eigenvalue weighted by Gasteiger charge is 1.77. The van der Waals surface area contributed by atoms with Crippen molar-refractivity contribution in [2.75, 3.05) is 0 Å². The molecule has 0 heterocycles. The third-order valence-electron chi connectivity index (χ3n) is 1.05. The van der Waals surface area contributed by atoms with Crippen LogP contribution in [0.3, 0.4) is 0 Å². The van der Waals surface area contributed by atoms with Gasteiger partial charge < -0.3 is 0 Å². The summed E-state index contributed by atoms with van der Waals surface area (Å²) in [6.45, 7) is 5.52. The first-order valence-electron chi connectivity index (χ1n) is 3.18. The molecule has 0 aliphatic heterocycles. The molecule has 0 bridgehead atoms. The van der Waals surface area contributed by atoms with Crippen molar-refractivity contribution in [3.8, 4) is 0 Å². The van der Waals surface area contributed by atoms with Crippen molar-refractivity contribution in [2.24, 2.45) is 0 Å². The zero-order chi connectivity index (χ0) is 7.82. The largest absolute Gasteiger partial charge is 0.131 e. The Kier molecular flexibility index (Phi) is 5.55. The minimum absolute atomic E-state index is 1.09. The highest BCUT2D eigenvalue weighted by Crippen LogP contribution is 1.97. The van der Waals surface area contributed by atoms with Gasteiger partial charge in [0.2, 0.25) is 0 Å². The molecule has 0 aliphatic carbocycles. The summed E-state index contributed by atoms with van der Waals surface area (Å²) in [5, 5.41) is 0. The molecule has 0 N–H and O–H groups in total. The molecule has 1 heteroatoms. The van der Waals surface area contributed by atoms with Gasteiger partial charge in [-0.15, -0.1) is 5.98 Å². The highest BCUT2D eigenvalue weighted by molar-refractivity contribution is 6.17. The zero-order valence-corrected chi connectivity index (χ0v) is 6.25. The van der Waals surface area contributed by atoms with E-state index in [1.807, 2.05) is 31.2 Å². The molecule has 0 unspecified atom stereocenters. The van der Waals surface area contributed by atoms with E-state index in [-0.39, 0.29) is 0 Å². The summed E-state index contributed by atoms with van der Waals surface area (Å²) in [5.74, 6) is 1.52. The average molecular weight is 130 g/mol. The number of rotatable bonds is 3. The van der Waals surface area contributed by atoms with Crippen LogP contribution in [0.4, 0.5) is 0 Å². The maximum atomic E-state index is 5.20. The van der Waals surface area contributed by atoms with Crippen LogP contribution in [-0.4, -0.2) is 7.85 Å². The Hall–Kier alpha value is -0.975. The van der Waals surface area contributed by atoms with Gasteiger partial charge in [-0.05, 0) is 12.5 Å². The second-order valence-electron chi connectivity index (χ2n) is 1.74. The molecule has 0 aliphatic rings. The van der Waals surface area contributed by atoms with Crippen LogP contribution in [0, 0.1) is 0 Å². The van der Waals surface area contributed by atoms with E-state index in [1.54, 1.807) is 6.08 Å². The fourth-order valence-corrected chi connectivity index (χ4v) is 0.538. The molecule has 0 nitrogen and oxygen atoms in total. The molecule has 0 aromatic heterocycles. The van der Waals surface area contributed by atoms with E-state index < -0.39 is 0 Å². The van der Waals surface area contributed by atoms with Crippen LogP contribution in [0.5, 0.6) is 0 Å². The summed E-state index contributed by atoms with van der Waals surface area (Å²) in [4.78, 5) is 0. The third-order valence-corrected chi connectivity index (χ3v) is 1.05. The number of hydrogen-bond acceptors (Lipinski definition) is 0.